The van der Waals surface area contributed by atoms with Gasteiger partial charge in [-0.2, -0.15) is 0 Å². The summed E-state index contributed by atoms with van der Waals surface area (Å²) < 4.78 is 1.88. The van der Waals surface area contributed by atoms with Crippen molar-refractivity contribution in [2.24, 2.45) is 7.05 Å². The average Bonchev–Trinajstić information content (AvgIpc) is 2.86. The van der Waals surface area contributed by atoms with E-state index in [0.717, 1.165) is 27.3 Å². The molecule has 0 amide bonds. The number of benzene rings is 1. The number of nitrogen functional groups attached to an aromatic ring is 1. The second-order valence-corrected chi connectivity index (χ2v) is 7.70. The first-order chi connectivity index (χ1) is 11.9. The highest BCUT2D eigenvalue weighted by molar-refractivity contribution is 7.71. The van der Waals surface area contributed by atoms with Gasteiger partial charge in [0, 0.05) is 23.8 Å². The number of nitrogens with one attached hydrogen (secondary N) is 1. The third kappa shape index (κ3) is 2.74. The second-order valence-electron chi connectivity index (χ2n) is 5.80. The highest BCUT2D eigenvalue weighted by Gasteiger charge is 2.28. The monoisotopic (exact) mass is 388 g/mol. The Morgan fingerprint density at radius 1 is 1.36 bits per heavy atom. The van der Waals surface area contributed by atoms with Gasteiger partial charge in [0.1, 0.15) is 4.64 Å². The molecule has 3 aromatic rings. The van der Waals surface area contributed by atoms with E-state index in [-0.39, 0.29) is 11.6 Å². The van der Waals surface area contributed by atoms with Crippen LogP contribution in [0, 0.1) is 4.64 Å². The fourth-order valence-corrected chi connectivity index (χ4v) is 4.27. The van der Waals surface area contributed by atoms with Crippen LogP contribution in [0.5, 0.6) is 0 Å². The first kappa shape index (κ1) is 16.3. The van der Waals surface area contributed by atoms with Gasteiger partial charge in [-0.05, 0) is 29.3 Å². The molecule has 0 aliphatic heterocycles. The van der Waals surface area contributed by atoms with Crippen molar-refractivity contribution in [1.29, 1.82) is 0 Å². The summed E-state index contributed by atoms with van der Waals surface area (Å²) in [5.41, 5.74) is 9.33. The standard InChI is InChI=1S/C17H13ClN4OS2/c1-22-7-11(15(24)21-17(22)23)13-10-4-3-9(18)6-8(10)2-5-12-14(13)20-16(19)25-12/h2-7,13H,1H3,(H2,19,20)(H,21,23,24). The van der Waals surface area contributed by atoms with Crippen LogP contribution < -0.4 is 11.4 Å². The highest BCUT2D eigenvalue weighted by Crippen LogP contribution is 2.41. The maximum Gasteiger partial charge on any atom is 0.326 e. The summed E-state index contributed by atoms with van der Waals surface area (Å²) in [7, 11) is 1.69. The Morgan fingerprint density at radius 2 is 2.16 bits per heavy atom. The van der Waals surface area contributed by atoms with Gasteiger partial charge in [0.05, 0.1) is 16.5 Å². The third-order valence-corrected chi connectivity index (χ3v) is 5.63. The van der Waals surface area contributed by atoms with Gasteiger partial charge < -0.3 is 10.3 Å². The normalized spacial score (nSPS) is 15.5. The molecular formula is C17H13ClN4OS2. The fourth-order valence-electron chi connectivity index (χ4n) is 3.06. The number of rotatable bonds is 1. The SMILES string of the molecule is Cn1cc(C2c3ccc(Cl)cc3C=Cc3sc(N)nc32)c(=S)[nH]c1=O. The summed E-state index contributed by atoms with van der Waals surface area (Å²) in [6, 6.07) is 5.73. The van der Waals surface area contributed by atoms with Crippen LogP contribution in [0.15, 0.2) is 29.2 Å². The van der Waals surface area contributed by atoms with E-state index >= 15 is 0 Å². The van der Waals surface area contributed by atoms with Gasteiger partial charge in [-0.1, -0.05) is 47.3 Å². The maximum atomic E-state index is 11.9. The van der Waals surface area contributed by atoms with E-state index in [0.29, 0.717) is 14.8 Å². The smallest absolute Gasteiger partial charge is 0.326 e. The number of anilines is 1. The number of halogens is 1. The molecule has 5 nitrogen and oxygen atoms in total. The van der Waals surface area contributed by atoms with E-state index in [9.17, 15) is 4.79 Å². The molecule has 0 saturated carbocycles. The molecular weight excluding hydrogens is 376 g/mol. The van der Waals surface area contributed by atoms with Gasteiger partial charge in [-0.3, -0.25) is 4.98 Å². The van der Waals surface area contributed by atoms with Crippen molar-refractivity contribution in [3.8, 4) is 0 Å². The van der Waals surface area contributed by atoms with E-state index in [4.69, 9.17) is 29.6 Å². The minimum atomic E-state index is -0.255. The van der Waals surface area contributed by atoms with E-state index in [2.05, 4.69) is 9.97 Å². The molecule has 1 unspecified atom stereocenters. The molecule has 8 heteroatoms. The molecule has 1 atom stereocenters. The number of hydrogen-bond acceptors (Lipinski definition) is 5. The lowest BCUT2D eigenvalue weighted by Crippen LogP contribution is -2.22. The van der Waals surface area contributed by atoms with Crippen LogP contribution in [0.3, 0.4) is 0 Å². The zero-order valence-electron chi connectivity index (χ0n) is 13.1. The predicted octanol–water partition coefficient (Wildman–Crippen LogP) is 3.80. The number of hydrogen-bond donors (Lipinski definition) is 2. The van der Waals surface area contributed by atoms with Crippen molar-refractivity contribution in [3.63, 3.8) is 0 Å². The number of fused-ring (bicyclic) bond motifs is 2. The van der Waals surface area contributed by atoms with Crippen molar-refractivity contribution < 1.29 is 0 Å². The molecule has 2 heterocycles. The molecule has 1 aromatic carbocycles. The Bertz CT molecular complexity index is 1140. The van der Waals surface area contributed by atoms with Gasteiger partial charge in [-0.15, -0.1) is 0 Å². The Labute approximate surface area is 157 Å². The minimum absolute atomic E-state index is 0.235. The van der Waals surface area contributed by atoms with Crippen molar-refractivity contribution in [3.05, 3.63) is 71.8 Å². The number of aromatic nitrogens is 3. The van der Waals surface area contributed by atoms with Crippen LogP contribution in [-0.4, -0.2) is 14.5 Å². The minimum Gasteiger partial charge on any atom is -0.375 e. The lowest BCUT2D eigenvalue weighted by molar-refractivity contribution is 0.770. The first-order valence-electron chi connectivity index (χ1n) is 7.47. The first-order valence-corrected chi connectivity index (χ1v) is 9.08. The van der Waals surface area contributed by atoms with Crippen LogP contribution in [0.4, 0.5) is 5.13 Å². The summed E-state index contributed by atoms with van der Waals surface area (Å²) in [6.45, 7) is 0. The quantitative estimate of drug-likeness (QED) is 0.486. The van der Waals surface area contributed by atoms with Gasteiger partial charge in [0.2, 0.25) is 0 Å². The molecule has 0 saturated heterocycles. The zero-order chi connectivity index (χ0) is 17.7. The second kappa shape index (κ2) is 5.94. The van der Waals surface area contributed by atoms with Gasteiger partial charge in [0.15, 0.2) is 5.13 Å². The zero-order valence-corrected chi connectivity index (χ0v) is 15.5. The number of nitrogens with zero attached hydrogens (tertiary/aromatic N) is 2. The summed E-state index contributed by atoms with van der Waals surface area (Å²) >= 11 is 13.0. The molecule has 4 rings (SSSR count). The maximum absolute atomic E-state index is 11.9. The molecule has 1 aliphatic carbocycles. The Morgan fingerprint density at radius 3 is 2.96 bits per heavy atom. The van der Waals surface area contributed by atoms with Gasteiger partial charge in [0.25, 0.3) is 0 Å². The Balaban J connectivity index is 2.07. The van der Waals surface area contributed by atoms with Crippen molar-refractivity contribution >= 4 is 52.4 Å². The van der Waals surface area contributed by atoms with Crippen LogP contribution in [-0.2, 0) is 7.05 Å². The summed E-state index contributed by atoms with van der Waals surface area (Å²) in [4.78, 5) is 20.1. The average molecular weight is 389 g/mol. The number of H-pyrrole nitrogens is 1. The summed E-state index contributed by atoms with van der Waals surface area (Å²) in [5, 5.41) is 1.15. The summed E-state index contributed by atoms with van der Waals surface area (Å²) in [6.07, 6.45) is 5.76. The van der Waals surface area contributed by atoms with E-state index in [1.54, 1.807) is 13.2 Å². The van der Waals surface area contributed by atoms with Crippen LogP contribution in [0.25, 0.3) is 12.2 Å². The number of aromatic amines is 1. The fraction of sp³-hybridized carbons (Fsp3) is 0.118. The summed E-state index contributed by atoms with van der Waals surface area (Å²) in [5.74, 6) is -0.235. The van der Waals surface area contributed by atoms with Gasteiger partial charge >= 0.3 is 5.69 Å². The van der Waals surface area contributed by atoms with Crippen molar-refractivity contribution in [1.82, 2.24) is 14.5 Å². The van der Waals surface area contributed by atoms with Gasteiger partial charge in [-0.25, -0.2) is 9.78 Å². The molecule has 25 heavy (non-hydrogen) atoms. The van der Waals surface area contributed by atoms with Crippen LogP contribution >= 0.6 is 35.2 Å². The number of thiazole rings is 1. The van der Waals surface area contributed by atoms with Crippen molar-refractivity contribution in [2.75, 3.05) is 5.73 Å². The third-order valence-electron chi connectivity index (χ3n) is 4.19. The molecule has 3 N–H and O–H groups in total. The molecule has 1 aliphatic rings. The van der Waals surface area contributed by atoms with E-state index in [1.807, 2.05) is 30.4 Å². The lowest BCUT2D eigenvalue weighted by Gasteiger charge is -2.19. The molecule has 2 aromatic heterocycles. The Hall–Kier alpha value is -2.22. The molecule has 0 bridgehead atoms. The van der Waals surface area contributed by atoms with Crippen LogP contribution in [0.2, 0.25) is 5.02 Å². The molecule has 0 fully saturated rings. The lowest BCUT2D eigenvalue weighted by atomic mass is 9.88. The largest absolute Gasteiger partial charge is 0.375 e. The van der Waals surface area contributed by atoms with E-state index < -0.39 is 0 Å². The van der Waals surface area contributed by atoms with Crippen molar-refractivity contribution in [2.45, 2.75) is 5.92 Å². The molecule has 0 radical (unpaired) electrons. The Kier molecular flexibility index (Phi) is 3.87. The predicted molar refractivity (Wildman–Crippen MR) is 105 cm³/mol. The molecule has 0 spiro atoms. The van der Waals surface area contributed by atoms with Crippen LogP contribution in [0.1, 0.15) is 33.2 Å². The number of nitrogens with two attached hydrogens (primary N) is 1. The highest BCUT2D eigenvalue weighted by atomic mass is 35.5. The van der Waals surface area contributed by atoms with E-state index in [1.165, 1.54) is 15.9 Å². The number of aryl methyl sites for hydroxylation is 1. The topological polar surface area (TPSA) is 76.7 Å². The molecule has 126 valence electrons.